The fraction of sp³-hybridized carbons (Fsp3) is 0.474. The molecule has 1 saturated heterocycles. The van der Waals surface area contributed by atoms with Crippen molar-refractivity contribution in [2.24, 2.45) is 5.92 Å². The highest BCUT2D eigenvalue weighted by Gasteiger charge is 2.30. The van der Waals surface area contributed by atoms with Crippen molar-refractivity contribution in [1.82, 2.24) is 10.6 Å². The Kier molecular flexibility index (Phi) is 6.49. The summed E-state index contributed by atoms with van der Waals surface area (Å²) in [5.74, 6) is 0.659. The van der Waals surface area contributed by atoms with E-state index in [0.717, 1.165) is 49.7 Å². The number of benzene rings is 1. The van der Waals surface area contributed by atoms with Gasteiger partial charge in [-0.2, -0.15) is 13.2 Å². The van der Waals surface area contributed by atoms with Gasteiger partial charge in [-0.15, -0.1) is 0 Å². The number of allylic oxidation sites excluding steroid dienone is 3. The summed E-state index contributed by atoms with van der Waals surface area (Å²) >= 11 is 0. The van der Waals surface area contributed by atoms with Crippen molar-refractivity contribution in [2.75, 3.05) is 13.1 Å². The zero-order chi connectivity index (χ0) is 17.6. The Labute approximate surface area is 141 Å². The molecule has 0 aromatic heterocycles. The van der Waals surface area contributed by atoms with Gasteiger partial charge in [-0.05, 0) is 75.4 Å². The van der Waals surface area contributed by atoms with Crippen molar-refractivity contribution in [1.29, 1.82) is 0 Å². The van der Waals surface area contributed by atoms with Crippen LogP contribution in [-0.2, 0) is 6.18 Å². The predicted octanol–water partition coefficient (Wildman–Crippen LogP) is 4.95. The molecule has 1 aliphatic heterocycles. The van der Waals surface area contributed by atoms with Crippen LogP contribution >= 0.6 is 0 Å². The molecule has 1 aromatic carbocycles. The number of hydrogen-bond acceptors (Lipinski definition) is 2. The highest BCUT2D eigenvalue weighted by Crippen LogP contribution is 2.30. The number of piperidine rings is 1. The first kappa shape index (κ1) is 18.6. The maximum absolute atomic E-state index is 12.8. The highest BCUT2D eigenvalue weighted by atomic mass is 19.4. The van der Waals surface area contributed by atoms with Crippen LogP contribution in [-0.4, -0.2) is 13.1 Å². The molecule has 0 aliphatic carbocycles. The van der Waals surface area contributed by atoms with Crippen molar-refractivity contribution in [3.63, 3.8) is 0 Å². The minimum atomic E-state index is -4.31. The number of nitrogens with one attached hydrogen (secondary N) is 2. The van der Waals surface area contributed by atoms with Crippen LogP contribution in [0.3, 0.4) is 0 Å². The van der Waals surface area contributed by atoms with E-state index >= 15 is 0 Å². The van der Waals surface area contributed by atoms with Crippen LogP contribution in [0.25, 0.3) is 5.57 Å². The second kappa shape index (κ2) is 8.38. The Bertz CT molecular complexity index is 597. The normalized spacial score (nSPS) is 17.9. The van der Waals surface area contributed by atoms with E-state index in [1.54, 1.807) is 12.3 Å². The summed E-state index contributed by atoms with van der Waals surface area (Å²) in [6.45, 7) is 5.92. The predicted molar refractivity (Wildman–Crippen MR) is 92.2 cm³/mol. The van der Waals surface area contributed by atoms with Crippen molar-refractivity contribution >= 4 is 5.57 Å². The average Bonchev–Trinajstić information content (AvgIpc) is 2.58. The molecule has 0 atom stereocenters. The molecule has 0 amide bonds. The lowest BCUT2D eigenvalue weighted by atomic mass is 9.93. The maximum atomic E-state index is 12.8. The van der Waals surface area contributed by atoms with Gasteiger partial charge in [0.05, 0.1) is 5.56 Å². The largest absolute Gasteiger partial charge is 0.416 e. The van der Waals surface area contributed by atoms with Crippen LogP contribution < -0.4 is 10.6 Å². The molecule has 1 aromatic rings. The van der Waals surface area contributed by atoms with E-state index in [2.05, 4.69) is 10.6 Å². The second-order valence-corrected chi connectivity index (χ2v) is 6.26. The van der Waals surface area contributed by atoms with Gasteiger partial charge in [-0.3, -0.25) is 0 Å². The first-order chi connectivity index (χ1) is 11.4. The summed E-state index contributed by atoms with van der Waals surface area (Å²) in [5.41, 5.74) is 1.86. The van der Waals surface area contributed by atoms with Gasteiger partial charge < -0.3 is 10.6 Å². The van der Waals surface area contributed by atoms with Crippen molar-refractivity contribution in [3.05, 3.63) is 53.4 Å². The van der Waals surface area contributed by atoms with E-state index in [4.69, 9.17) is 0 Å². The molecule has 0 radical (unpaired) electrons. The third-order valence-corrected chi connectivity index (χ3v) is 4.44. The van der Waals surface area contributed by atoms with Gasteiger partial charge >= 0.3 is 6.18 Å². The van der Waals surface area contributed by atoms with Gasteiger partial charge in [0.2, 0.25) is 0 Å². The molecule has 2 rings (SSSR count). The summed E-state index contributed by atoms with van der Waals surface area (Å²) in [4.78, 5) is 0. The van der Waals surface area contributed by atoms with Gasteiger partial charge in [0.25, 0.3) is 0 Å². The lowest BCUT2D eigenvalue weighted by Crippen LogP contribution is -2.28. The lowest BCUT2D eigenvalue weighted by Gasteiger charge is -2.23. The zero-order valence-electron chi connectivity index (χ0n) is 14.2. The van der Waals surface area contributed by atoms with Gasteiger partial charge in [-0.1, -0.05) is 18.2 Å². The molecule has 1 fully saturated rings. The molecule has 0 spiro atoms. The molecule has 24 heavy (non-hydrogen) atoms. The molecule has 2 N–H and O–H groups in total. The first-order valence-corrected chi connectivity index (χ1v) is 8.37. The lowest BCUT2D eigenvalue weighted by molar-refractivity contribution is -0.137. The van der Waals surface area contributed by atoms with Crippen LogP contribution in [0, 0.1) is 5.92 Å². The van der Waals surface area contributed by atoms with Crippen LogP contribution in [0.15, 0.2) is 42.2 Å². The second-order valence-electron chi connectivity index (χ2n) is 6.26. The minimum absolute atomic E-state index is 0.578. The Hall–Kier alpha value is -1.75. The molecule has 1 aliphatic rings. The molecule has 5 heteroatoms. The zero-order valence-corrected chi connectivity index (χ0v) is 14.2. The van der Waals surface area contributed by atoms with E-state index < -0.39 is 11.7 Å². The number of halogens is 3. The summed E-state index contributed by atoms with van der Waals surface area (Å²) in [6.07, 6.45) is 2.83. The Balaban J connectivity index is 2.01. The summed E-state index contributed by atoms with van der Waals surface area (Å²) in [5, 5.41) is 6.62. The van der Waals surface area contributed by atoms with Crippen molar-refractivity contribution < 1.29 is 13.2 Å². The van der Waals surface area contributed by atoms with Crippen LogP contribution in [0.4, 0.5) is 13.2 Å². The van der Waals surface area contributed by atoms with E-state index in [1.165, 1.54) is 12.1 Å². The molecule has 132 valence electrons. The smallest absolute Gasteiger partial charge is 0.365 e. The van der Waals surface area contributed by atoms with Crippen LogP contribution in [0.1, 0.15) is 44.2 Å². The number of alkyl halides is 3. The average molecular weight is 338 g/mol. The SMILES string of the molecule is C/C=C(/CC1CCNCC1)N/C=C(\C)c1cccc(C(F)(F)F)c1. The monoisotopic (exact) mass is 338 g/mol. The topological polar surface area (TPSA) is 24.1 Å². The fourth-order valence-electron chi connectivity index (χ4n) is 2.88. The number of rotatable bonds is 5. The number of hydrogen-bond donors (Lipinski definition) is 2. The molecular formula is C19H25F3N2. The van der Waals surface area contributed by atoms with Gasteiger partial charge in [-0.25, -0.2) is 0 Å². The third-order valence-electron chi connectivity index (χ3n) is 4.44. The Morgan fingerprint density at radius 3 is 2.62 bits per heavy atom. The van der Waals surface area contributed by atoms with E-state index in [9.17, 15) is 13.2 Å². The molecular weight excluding hydrogens is 313 g/mol. The molecule has 2 nitrogen and oxygen atoms in total. The van der Waals surface area contributed by atoms with Crippen molar-refractivity contribution in [3.8, 4) is 0 Å². The van der Waals surface area contributed by atoms with Gasteiger partial charge in [0.1, 0.15) is 0 Å². The van der Waals surface area contributed by atoms with E-state index in [1.807, 2.05) is 19.9 Å². The third kappa shape index (κ3) is 5.41. The van der Waals surface area contributed by atoms with Crippen LogP contribution in [0.5, 0.6) is 0 Å². The molecule has 0 bridgehead atoms. The molecule has 0 saturated carbocycles. The maximum Gasteiger partial charge on any atom is 0.416 e. The Morgan fingerprint density at radius 1 is 1.29 bits per heavy atom. The van der Waals surface area contributed by atoms with Gasteiger partial charge in [0, 0.05) is 11.9 Å². The fourth-order valence-corrected chi connectivity index (χ4v) is 2.88. The molecule has 1 heterocycles. The van der Waals surface area contributed by atoms with Gasteiger partial charge in [0.15, 0.2) is 0 Å². The van der Waals surface area contributed by atoms with E-state index in [-0.39, 0.29) is 0 Å². The summed E-state index contributed by atoms with van der Waals surface area (Å²) < 4.78 is 38.4. The highest BCUT2D eigenvalue weighted by molar-refractivity contribution is 5.64. The summed E-state index contributed by atoms with van der Waals surface area (Å²) in [7, 11) is 0. The summed E-state index contributed by atoms with van der Waals surface area (Å²) in [6, 6.07) is 5.43. The van der Waals surface area contributed by atoms with E-state index in [0.29, 0.717) is 11.5 Å². The first-order valence-electron chi connectivity index (χ1n) is 8.37. The molecule has 0 unspecified atom stereocenters. The van der Waals surface area contributed by atoms with Crippen LogP contribution in [0.2, 0.25) is 0 Å². The quantitative estimate of drug-likeness (QED) is 0.794. The Morgan fingerprint density at radius 2 is 2.00 bits per heavy atom. The van der Waals surface area contributed by atoms with Crippen molar-refractivity contribution in [2.45, 2.75) is 39.3 Å². The minimum Gasteiger partial charge on any atom is -0.365 e. The standard InChI is InChI=1S/C19H25F3N2/c1-3-18(11-15-7-9-23-10-8-15)24-13-14(2)16-5-4-6-17(12-16)19(20,21)22/h3-6,12-13,15,23-24H,7-11H2,1-2H3/b14-13+,18-3-.